The molecule has 0 radical (unpaired) electrons. The van der Waals surface area contributed by atoms with Crippen LogP contribution in [0.1, 0.15) is 30.9 Å². The van der Waals surface area contributed by atoms with Gasteiger partial charge < -0.3 is 15.1 Å². The lowest BCUT2D eigenvalue weighted by atomic mass is 9.84. The average molecular weight is 414 g/mol. The van der Waals surface area contributed by atoms with Crippen molar-refractivity contribution >= 4 is 11.6 Å². The molecule has 0 aromatic heterocycles. The predicted molar refractivity (Wildman–Crippen MR) is 116 cm³/mol. The third-order valence-electron chi connectivity index (χ3n) is 5.55. The van der Waals surface area contributed by atoms with Gasteiger partial charge in [-0.3, -0.25) is 0 Å². The molecule has 2 aromatic carbocycles. The third kappa shape index (κ3) is 4.38. The second-order valence-electron chi connectivity index (χ2n) is 7.80. The van der Waals surface area contributed by atoms with Gasteiger partial charge >= 0.3 is 6.03 Å². The zero-order valence-corrected chi connectivity index (χ0v) is 17.8. The first-order chi connectivity index (χ1) is 14.4. The van der Waals surface area contributed by atoms with Gasteiger partial charge in [0.25, 0.3) is 0 Å². The van der Waals surface area contributed by atoms with Crippen molar-refractivity contribution in [1.29, 1.82) is 0 Å². The van der Waals surface area contributed by atoms with Crippen molar-refractivity contribution < 1.29 is 13.6 Å². The van der Waals surface area contributed by atoms with Gasteiger partial charge in [0.2, 0.25) is 0 Å². The van der Waals surface area contributed by atoms with Gasteiger partial charge in [0, 0.05) is 26.2 Å². The maximum Gasteiger partial charge on any atom is 0.320 e. The number of carbonyl (C=O) groups excluding carboxylic acids is 1. The molecule has 0 saturated heterocycles. The van der Waals surface area contributed by atoms with E-state index in [0.717, 1.165) is 37.2 Å². The number of amides is 2. The monoisotopic (exact) mass is 413 g/mol. The number of nitrogens with one attached hydrogen (secondary N) is 1. The molecule has 160 valence electrons. The van der Waals surface area contributed by atoms with Crippen LogP contribution >= 0.6 is 0 Å². The smallest absolute Gasteiger partial charge is 0.320 e. The molecular weight excluding hydrogens is 384 g/mol. The van der Waals surface area contributed by atoms with Crippen LogP contribution in [-0.2, 0) is 5.54 Å². The Labute approximate surface area is 177 Å². The Morgan fingerprint density at radius 1 is 1.17 bits per heavy atom. The highest BCUT2D eigenvalue weighted by molar-refractivity contribution is 5.83. The fraction of sp³-hybridized carbons (Fsp3) is 0.375. The molecule has 0 saturated carbocycles. The lowest BCUT2D eigenvalue weighted by molar-refractivity contribution is 0.130. The van der Waals surface area contributed by atoms with Crippen LogP contribution in [0.5, 0.6) is 0 Å². The van der Waals surface area contributed by atoms with E-state index in [2.05, 4.69) is 12.2 Å². The number of halogens is 2. The number of nitrogens with zero attached hydrogens (tertiary/aromatic N) is 2. The second kappa shape index (κ2) is 9.39. The Hall–Kier alpha value is -2.73. The number of benzene rings is 2. The summed E-state index contributed by atoms with van der Waals surface area (Å²) < 4.78 is 28.5. The Kier molecular flexibility index (Phi) is 6.87. The third-order valence-corrected chi connectivity index (χ3v) is 5.55. The quantitative estimate of drug-likeness (QED) is 0.672. The Bertz CT molecular complexity index is 914. The van der Waals surface area contributed by atoms with Crippen molar-refractivity contribution in [3.05, 3.63) is 77.4 Å². The van der Waals surface area contributed by atoms with E-state index in [4.69, 9.17) is 0 Å². The van der Waals surface area contributed by atoms with E-state index in [1.165, 1.54) is 11.0 Å². The highest BCUT2D eigenvalue weighted by Crippen LogP contribution is 2.44. The van der Waals surface area contributed by atoms with Crippen LogP contribution in [0.2, 0.25) is 0 Å². The molecule has 0 spiro atoms. The number of hydrogen-bond donors (Lipinski definition) is 1. The molecule has 1 aliphatic heterocycles. The molecule has 1 aliphatic rings. The SMILES string of the molecule is CCNCCCC1(c2ccccc2)C=C(c2cc(F)ccc2F)CN1C(=O)N(C)C. The van der Waals surface area contributed by atoms with E-state index in [9.17, 15) is 13.6 Å². The molecule has 3 rings (SSSR count). The van der Waals surface area contributed by atoms with Crippen molar-refractivity contribution in [2.24, 2.45) is 0 Å². The summed E-state index contributed by atoms with van der Waals surface area (Å²) in [4.78, 5) is 16.5. The maximum absolute atomic E-state index is 14.6. The lowest BCUT2D eigenvalue weighted by Crippen LogP contribution is -2.49. The summed E-state index contributed by atoms with van der Waals surface area (Å²) in [5.74, 6) is -0.987. The molecule has 0 aliphatic carbocycles. The van der Waals surface area contributed by atoms with Gasteiger partial charge in [-0.2, -0.15) is 0 Å². The van der Waals surface area contributed by atoms with E-state index in [1.807, 2.05) is 36.4 Å². The van der Waals surface area contributed by atoms with E-state index in [1.54, 1.807) is 19.0 Å². The molecule has 30 heavy (non-hydrogen) atoms. The summed E-state index contributed by atoms with van der Waals surface area (Å²) in [6.07, 6.45) is 3.45. The summed E-state index contributed by atoms with van der Waals surface area (Å²) in [7, 11) is 3.41. The van der Waals surface area contributed by atoms with E-state index >= 15 is 0 Å². The minimum absolute atomic E-state index is 0.162. The first-order valence-corrected chi connectivity index (χ1v) is 10.3. The van der Waals surface area contributed by atoms with Crippen molar-refractivity contribution in [3.63, 3.8) is 0 Å². The van der Waals surface area contributed by atoms with Crippen LogP contribution in [0.25, 0.3) is 5.57 Å². The summed E-state index contributed by atoms with van der Waals surface area (Å²) in [5.41, 5.74) is 1.06. The average Bonchev–Trinajstić information content (AvgIpc) is 3.13. The molecule has 4 nitrogen and oxygen atoms in total. The number of hydrogen-bond acceptors (Lipinski definition) is 2. The van der Waals surface area contributed by atoms with Crippen LogP contribution in [0.15, 0.2) is 54.6 Å². The fourth-order valence-corrected chi connectivity index (χ4v) is 4.09. The molecule has 1 atom stereocenters. The minimum Gasteiger partial charge on any atom is -0.331 e. The molecule has 2 aromatic rings. The summed E-state index contributed by atoms with van der Waals surface area (Å²) >= 11 is 0. The molecule has 1 N–H and O–H groups in total. The predicted octanol–water partition coefficient (Wildman–Crippen LogP) is 4.63. The number of rotatable bonds is 7. The standard InChI is InChI=1S/C24H29F2N3O/c1-4-27-14-8-13-24(19-9-6-5-7-10-19)16-18(17-29(24)23(30)28(2)3)21-15-20(25)11-12-22(21)26/h5-7,9-12,15-16,27H,4,8,13-14,17H2,1-3H3. The first kappa shape index (κ1) is 22.0. The number of urea groups is 1. The molecule has 1 unspecified atom stereocenters. The molecule has 2 amide bonds. The number of carbonyl (C=O) groups is 1. The summed E-state index contributed by atoms with van der Waals surface area (Å²) in [5, 5.41) is 3.32. The van der Waals surface area contributed by atoms with Gasteiger partial charge in [0.05, 0.1) is 5.54 Å². The van der Waals surface area contributed by atoms with Gasteiger partial charge in [-0.05, 0) is 61.3 Å². The van der Waals surface area contributed by atoms with Gasteiger partial charge in [-0.1, -0.05) is 37.3 Å². The fourth-order valence-electron chi connectivity index (χ4n) is 4.09. The van der Waals surface area contributed by atoms with E-state index in [-0.39, 0.29) is 18.1 Å². The summed E-state index contributed by atoms with van der Waals surface area (Å²) in [6, 6.07) is 13.1. The van der Waals surface area contributed by atoms with Gasteiger partial charge in [-0.15, -0.1) is 0 Å². The van der Waals surface area contributed by atoms with Crippen molar-refractivity contribution in [2.45, 2.75) is 25.3 Å². The highest BCUT2D eigenvalue weighted by atomic mass is 19.1. The normalized spacial score (nSPS) is 18.4. The van der Waals surface area contributed by atoms with Crippen molar-refractivity contribution in [1.82, 2.24) is 15.1 Å². The van der Waals surface area contributed by atoms with Crippen LogP contribution in [-0.4, -0.2) is 49.6 Å². The zero-order chi connectivity index (χ0) is 21.7. The maximum atomic E-state index is 14.6. The van der Waals surface area contributed by atoms with Crippen LogP contribution in [0.4, 0.5) is 13.6 Å². The van der Waals surface area contributed by atoms with Crippen LogP contribution in [0, 0.1) is 11.6 Å². The second-order valence-corrected chi connectivity index (χ2v) is 7.80. The molecule has 1 heterocycles. The first-order valence-electron chi connectivity index (χ1n) is 10.3. The van der Waals surface area contributed by atoms with Gasteiger partial charge in [0.15, 0.2) is 0 Å². The van der Waals surface area contributed by atoms with Crippen LogP contribution in [0.3, 0.4) is 0 Å². The minimum atomic E-state index is -0.730. The molecule has 0 fully saturated rings. The highest BCUT2D eigenvalue weighted by Gasteiger charge is 2.45. The Morgan fingerprint density at radius 3 is 2.57 bits per heavy atom. The molecule has 6 heteroatoms. The zero-order valence-electron chi connectivity index (χ0n) is 17.8. The van der Waals surface area contributed by atoms with E-state index < -0.39 is 17.2 Å². The van der Waals surface area contributed by atoms with Gasteiger partial charge in [0.1, 0.15) is 11.6 Å². The molecular formula is C24H29F2N3O. The van der Waals surface area contributed by atoms with Crippen LogP contribution < -0.4 is 5.32 Å². The Morgan fingerprint density at radius 2 is 1.90 bits per heavy atom. The Balaban J connectivity index is 2.12. The lowest BCUT2D eigenvalue weighted by Gasteiger charge is -2.40. The van der Waals surface area contributed by atoms with Crippen molar-refractivity contribution in [3.8, 4) is 0 Å². The summed E-state index contributed by atoms with van der Waals surface area (Å²) in [6.45, 7) is 3.95. The van der Waals surface area contributed by atoms with E-state index in [0.29, 0.717) is 12.0 Å². The van der Waals surface area contributed by atoms with Gasteiger partial charge in [-0.25, -0.2) is 13.6 Å². The molecule has 0 bridgehead atoms. The topological polar surface area (TPSA) is 35.6 Å². The van der Waals surface area contributed by atoms with Crippen molar-refractivity contribution in [2.75, 3.05) is 33.7 Å². The largest absolute Gasteiger partial charge is 0.331 e.